The van der Waals surface area contributed by atoms with Gasteiger partial charge in [-0.15, -0.1) is 0 Å². The topological polar surface area (TPSA) is 158 Å². The summed E-state index contributed by atoms with van der Waals surface area (Å²) in [4.78, 5) is 76.7. The van der Waals surface area contributed by atoms with Crippen LogP contribution < -0.4 is 28.4 Å². The number of ketones is 2. The van der Waals surface area contributed by atoms with Gasteiger partial charge < -0.3 is 28.4 Å². The first-order valence-corrected chi connectivity index (χ1v) is 27.6. The van der Waals surface area contributed by atoms with Crippen LogP contribution in [0.5, 0.6) is 34.5 Å². The highest BCUT2D eigenvalue weighted by Crippen LogP contribution is 2.32. The van der Waals surface area contributed by atoms with Crippen molar-refractivity contribution in [3.8, 4) is 34.5 Å². The quantitative estimate of drug-likeness (QED) is 0.0259. The Hall–Kier alpha value is -10.2. The number of aryl methyl sites for hydroxylation is 2. The van der Waals surface area contributed by atoms with E-state index in [4.69, 9.17) is 28.4 Å². The summed E-state index contributed by atoms with van der Waals surface area (Å²) < 4.78 is 34.1. The molecule has 9 aromatic carbocycles. The molecule has 0 amide bonds. The third kappa shape index (κ3) is 15.4. The molecule has 422 valence electrons. The monoisotopic (exact) mass is 1120 g/mol. The van der Waals surface area contributed by atoms with E-state index in [0.29, 0.717) is 95.3 Å². The molecule has 0 aliphatic carbocycles. The highest BCUT2D eigenvalue weighted by atomic mass is 16.5. The van der Waals surface area contributed by atoms with Crippen molar-refractivity contribution in [3.63, 3.8) is 0 Å². The number of hydrogen-bond acceptors (Lipinski definition) is 12. The number of benzene rings is 9. The van der Waals surface area contributed by atoms with Gasteiger partial charge in [-0.25, -0.2) is 19.2 Å². The fourth-order valence-corrected chi connectivity index (χ4v) is 9.43. The largest absolute Gasteiger partial charge is 0.496 e. The molecule has 12 heteroatoms. The van der Waals surface area contributed by atoms with E-state index < -0.39 is 23.9 Å². The van der Waals surface area contributed by atoms with Crippen molar-refractivity contribution in [2.45, 2.75) is 65.7 Å². The van der Waals surface area contributed by atoms with Crippen molar-refractivity contribution < 1.29 is 57.2 Å². The molecule has 12 nitrogen and oxygen atoms in total. The molecule has 84 heavy (non-hydrogen) atoms. The van der Waals surface area contributed by atoms with Gasteiger partial charge in [0.2, 0.25) is 0 Å². The molecule has 0 saturated carbocycles. The number of methoxy groups -OCH3 is 1. The number of para-hydroxylation sites is 1. The van der Waals surface area contributed by atoms with Gasteiger partial charge in [0, 0.05) is 29.9 Å². The van der Waals surface area contributed by atoms with Gasteiger partial charge in [0.25, 0.3) is 0 Å². The maximum absolute atomic E-state index is 13.1. The Bertz CT molecular complexity index is 3810. The first-order valence-electron chi connectivity index (χ1n) is 27.6. The Balaban J connectivity index is 0.662. The van der Waals surface area contributed by atoms with Gasteiger partial charge in [-0.2, -0.15) is 0 Å². The second-order valence-corrected chi connectivity index (χ2v) is 20.4. The number of ether oxygens (including phenoxy) is 6. The molecule has 1 unspecified atom stereocenters. The van der Waals surface area contributed by atoms with E-state index in [1.807, 2.05) is 98.8 Å². The summed E-state index contributed by atoms with van der Waals surface area (Å²) in [6, 6.07) is 60.3. The lowest BCUT2D eigenvalue weighted by molar-refractivity contribution is 0.0720. The molecule has 0 aromatic heterocycles. The van der Waals surface area contributed by atoms with Crippen molar-refractivity contribution in [1.82, 2.24) is 0 Å². The van der Waals surface area contributed by atoms with E-state index in [1.54, 1.807) is 92.0 Å². The molecule has 0 radical (unpaired) electrons. The molecule has 0 fully saturated rings. The number of Topliss-reactive ketones (excluding diaryl/α,β-unsaturated/α-hetero) is 2. The summed E-state index contributed by atoms with van der Waals surface area (Å²) in [5.74, 6) is 1.03. The first kappa shape index (κ1) is 58.5. The maximum atomic E-state index is 13.1. The van der Waals surface area contributed by atoms with Crippen LogP contribution >= 0.6 is 0 Å². The van der Waals surface area contributed by atoms with Crippen LogP contribution in [0.15, 0.2) is 206 Å². The molecular weight excluding hydrogens is 1060 g/mol. The van der Waals surface area contributed by atoms with Crippen molar-refractivity contribution in [2.75, 3.05) is 13.7 Å². The zero-order chi connectivity index (χ0) is 59.1. The summed E-state index contributed by atoms with van der Waals surface area (Å²) in [6.07, 6.45) is 2.73. The normalized spacial score (nSPS) is 11.2. The standard InChI is InChI=1S/C72H62O12/c1-46-42-59(31-39-66(46)79-5)48(3)60-32-40-67(47(2)43-60)83-71(77)58-29-27-56(28-30-58)70(76)82-64-37-17-51(18-38-64)44-50-15-35-63(36-16-50)81-69(75)55-25-21-54(22-26-55)65(74)11-8-9-41-80-62-33-13-52(14-34-62)45-61-10-6-7-12-68(61)84-72(78)57-23-19-53(20-24-57)49(4)73/h6-7,10,12-40,42-43,48H,8-9,11,41,44-45H2,1-5H3. The van der Waals surface area contributed by atoms with Crippen LogP contribution in [-0.2, 0) is 12.8 Å². The molecule has 0 saturated heterocycles. The molecule has 9 rings (SSSR count). The highest BCUT2D eigenvalue weighted by molar-refractivity contribution is 5.98. The van der Waals surface area contributed by atoms with E-state index in [-0.39, 0.29) is 23.0 Å². The van der Waals surface area contributed by atoms with E-state index in [0.717, 1.165) is 50.3 Å². The van der Waals surface area contributed by atoms with Gasteiger partial charge in [0.05, 0.1) is 36.0 Å². The number of esters is 4. The van der Waals surface area contributed by atoms with Crippen LogP contribution in [-0.4, -0.2) is 49.2 Å². The molecule has 9 aromatic rings. The number of hydrogen-bond donors (Lipinski definition) is 0. The second kappa shape index (κ2) is 27.5. The summed E-state index contributed by atoms with van der Waals surface area (Å²) in [6.45, 7) is 7.96. The minimum atomic E-state index is -0.571. The zero-order valence-corrected chi connectivity index (χ0v) is 47.3. The smallest absolute Gasteiger partial charge is 0.343 e. The van der Waals surface area contributed by atoms with Gasteiger partial charge in [0.15, 0.2) is 11.6 Å². The predicted molar refractivity (Wildman–Crippen MR) is 321 cm³/mol. The fraction of sp³-hybridized carbons (Fsp3) is 0.167. The van der Waals surface area contributed by atoms with Crippen LogP contribution in [0.25, 0.3) is 0 Å². The third-order valence-corrected chi connectivity index (χ3v) is 14.4. The van der Waals surface area contributed by atoms with Crippen molar-refractivity contribution in [1.29, 1.82) is 0 Å². The van der Waals surface area contributed by atoms with Crippen LogP contribution in [0.2, 0.25) is 0 Å². The van der Waals surface area contributed by atoms with Crippen molar-refractivity contribution in [2.24, 2.45) is 0 Å². The molecule has 0 N–H and O–H groups in total. The van der Waals surface area contributed by atoms with Crippen LogP contribution in [0.1, 0.15) is 146 Å². The lowest BCUT2D eigenvalue weighted by atomic mass is 9.91. The van der Waals surface area contributed by atoms with Gasteiger partial charge in [-0.05, 0) is 188 Å². The molecular formula is C72H62O12. The molecule has 0 aliphatic heterocycles. The average molecular weight is 1120 g/mol. The molecule has 0 spiro atoms. The van der Waals surface area contributed by atoms with Crippen LogP contribution in [0.3, 0.4) is 0 Å². The Morgan fingerprint density at radius 3 is 1.30 bits per heavy atom. The minimum Gasteiger partial charge on any atom is -0.496 e. The van der Waals surface area contributed by atoms with E-state index in [1.165, 1.54) is 31.2 Å². The van der Waals surface area contributed by atoms with Gasteiger partial charge in [0.1, 0.15) is 34.5 Å². The molecule has 0 bridgehead atoms. The minimum absolute atomic E-state index is 0.0357. The average Bonchev–Trinajstić information content (AvgIpc) is 3.68. The first-order chi connectivity index (χ1) is 40.7. The maximum Gasteiger partial charge on any atom is 0.343 e. The summed E-state index contributed by atoms with van der Waals surface area (Å²) >= 11 is 0. The summed E-state index contributed by atoms with van der Waals surface area (Å²) in [5.41, 5.74) is 10.2. The third-order valence-electron chi connectivity index (χ3n) is 14.4. The Labute approximate surface area is 488 Å². The highest BCUT2D eigenvalue weighted by Gasteiger charge is 2.18. The molecule has 1 atom stereocenters. The Morgan fingerprint density at radius 2 is 0.821 bits per heavy atom. The summed E-state index contributed by atoms with van der Waals surface area (Å²) in [5, 5.41) is 0. The van der Waals surface area contributed by atoms with Crippen LogP contribution in [0.4, 0.5) is 0 Å². The van der Waals surface area contributed by atoms with E-state index in [9.17, 15) is 28.8 Å². The lowest BCUT2D eigenvalue weighted by Crippen LogP contribution is -2.12. The fourth-order valence-electron chi connectivity index (χ4n) is 9.43. The predicted octanol–water partition coefficient (Wildman–Crippen LogP) is 15.2. The number of carbonyl (C=O) groups is 6. The Morgan fingerprint density at radius 1 is 0.405 bits per heavy atom. The van der Waals surface area contributed by atoms with E-state index >= 15 is 0 Å². The van der Waals surface area contributed by atoms with Gasteiger partial charge in [-0.1, -0.05) is 110 Å². The molecule has 0 heterocycles. The Kier molecular flexibility index (Phi) is 19.1. The molecule has 0 aliphatic rings. The van der Waals surface area contributed by atoms with Gasteiger partial charge >= 0.3 is 23.9 Å². The number of carbonyl (C=O) groups excluding carboxylic acids is 6. The lowest BCUT2D eigenvalue weighted by Gasteiger charge is -2.16. The van der Waals surface area contributed by atoms with Gasteiger partial charge in [-0.3, -0.25) is 9.59 Å². The van der Waals surface area contributed by atoms with Crippen molar-refractivity contribution >= 4 is 35.4 Å². The second-order valence-electron chi connectivity index (χ2n) is 20.4. The summed E-state index contributed by atoms with van der Waals surface area (Å²) in [7, 11) is 1.66. The zero-order valence-electron chi connectivity index (χ0n) is 47.3. The van der Waals surface area contributed by atoms with E-state index in [2.05, 4.69) is 19.1 Å². The SMILES string of the molecule is COc1ccc(C(C)c2ccc(OC(=O)c3ccc(C(=O)Oc4ccc(Cc5ccc(OC(=O)c6ccc(C(=O)CCCCOc7ccc(Cc8ccccc8OC(=O)c8ccc(C(C)=O)cc8)cc7)cc6)cc5)cc4)cc3)c(C)c2)cc1C. The number of rotatable bonds is 23. The van der Waals surface area contributed by atoms with Crippen molar-refractivity contribution in [3.05, 3.63) is 284 Å². The number of unbranched alkanes of at least 4 members (excludes halogenated alkanes) is 1. The van der Waals surface area contributed by atoms with Crippen LogP contribution in [0, 0.1) is 13.8 Å².